The smallest absolute Gasteiger partial charge is 0.161 e. The Morgan fingerprint density at radius 2 is 1.77 bits per heavy atom. The molecule has 0 bridgehead atoms. The highest BCUT2D eigenvalue weighted by atomic mass is 19.2. The first-order chi connectivity index (χ1) is 12.6. The maximum atomic E-state index is 14.1. The number of nitriles is 1. The summed E-state index contributed by atoms with van der Waals surface area (Å²) in [5, 5.41) is 11.8. The van der Waals surface area contributed by atoms with Gasteiger partial charge >= 0.3 is 0 Å². The van der Waals surface area contributed by atoms with E-state index < -0.39 is 17.5 Å². The topological polar surface area (TPSA) is 51.4 Å². The van der Waals surface area contributed by atoms with E-state index in [1.165, 1.54) is 0 Å². The zero-order valence-corrected chi connectivity index (χ0v) is 13.7. The predicted octanol–water partition coefficient (Wildman–Crippen LogP) is 3.45. The van der Waals surface area contributed by atoms with Crippen molar-refractivity contribution in [3.05, 3.63) is 82.4 Å². The molecule has 1 N–H and O–H groups in total. The van der Waals surface area contributed by atoms with Crippen molar-refractivity contribution in [2.75, 3.05) is 6.54 Å². The van der Waals surface area contributed by atoms with Crippen molar-refractivity contribution in [3.63, 3.8) is 0 Å². The third kappa shape index (κ3) is 4.03. The summed E-state index contributed by atoms with van der Waals surface area (Å²) < 4.78 is 40.8. The largest absolute Gasteiger partial charge is 0.363 e. The molecule has 26 heavy (non-hydrogen) atoms. The highest BCUT2D eigenvalue weighted by molar-refractivity contribution is 5.57. The molecule has 0 radical (unpaired) electrons. The SMILES string of the molecule is N#Cc1ccc(CN(Cc2cc(F)c(F)cc2F)C2=CNC=NC2)cc1. The number of nitrogens with one attached hydrogen (secondary N) is 1. The van der Waals surface area contributed by atoms with Crippen LogP contribution in [-0.2, 0) is 13.1 Å². The highest BCUT2D eigenvalue weighted by Crippen LogP contribution is 2.21. The van der Waals surface area contributed by atoms with E-state index in [0.717, 1.165) is 17.3 Å². The molecular formula is C19H15F3N4. The van der Waals surface area contributed by atoms with E-state index in [4.69, 9.17) is 5.26 Å². The van der Waals surface area contributed by atoms with Crippen LogP contribution in [0.1, 0.15) is 16.7 Å². The van der Waals surface area contributed by atoms with Crippen molar-refractivity contribution >= 4 is 6.34 Å². The normalized spacial score (nSPS) is 12.9. The summed E-state index contributed by atoms with van der Waals surface area (Å²) in [4.78, 5) is 5.95. The fraction of sp³-hybridized carbons (Fsp3) is 0.158. The third-order valence-corrected chi connectivity index (χ3v) is 3.98. The minimum absolute atomic E-state index is 0.0477. The zero-order chi connectivity index (χ0) is 18.5. The molecule has 0 spiro atoms. The number of aliphatic imine (C=N–C) groups is 1. The van der Waals surface area contributed by atoms with Crippen molar-refractivity contribution < 1.29 is 13.2 Å². The molecule has 0 aliphatic carbocycles. The monoisotopic (exact) mass is 356 g/mol. The number of nitrogens with zero attached hydrogens (tertiary/aromatic N) is 3. The molecule has 1 aliphatic rings. The van der Waals surface area contributed by atoms with Crippen LogP contribution in [0.4, 0.5) is 13.2 Å². The Labute approximate surface area is 148 Å². The standard InChI is InChI=1S/C19H15F3N4/c20-17-6-19(22)18(21)5-15(17)11-26(16-8-24-12-25-9-16)10-14-3-1-13(7-23)2-4-14/h1-6,8,12H,9-11H2,(H,24,25). The molecule has 132 valence electrons. The number of hydrogen-bond acceptors (Lipinski definition) is 4. The van der Waals surface area contributed by atoms with E-state index in [1.54, 1.807) is 36.8 Å². The van der Waals surface area contributed by atoms with Gasteiger partial charge in [-0.05, 0) is 23.8 Å². The first kappa shape index (κ1) is 17.5. The quantitative estimate of drug-likeness (QED) is 0.835. The minimum Gasteiger partial charge on any atom is -0.363 e. The van der Waals surface area contributed by atoms with Gasteiger partial charge in [-0.25, -0.2) is 13.2 Å². The number of benzene rings is 2. The van der Waals surface area contributed by atoms with Crippen molar-refractivity contribution in [2.45, 2.75) is 13.1 Å². The Kier molecular flexibility index (Phi) is 5.23. The lowest BCUT2D eigenvalue weighted by molar-refractivity contribution is 0.315. The second kappa shape index (κ2) is 7.74. The van der Waals surface area contributed by atoms with E-state index in [-0.39, 0.29) is 12.1 Å². The van der Waals surface area contributed by atoms with Crippen LogP contribution in [-0.4, -0.2) is 17.8 Å². The molecule has 7 heteroatoms. The summed E-state index contributed by atoms with van der Waals surface area (Å²) in [7, 11) is 0. The summed E-state index contributed by atoms with van der Waals surface area (Å²) in [6.07, 6.45) is 3.27. The lowest BCUT2D eigenvalue weighted by atomic mass is 10.1. The average Bonchev–Trinajstić information content (AvgIpc) is 2.66. The van der Waals surface area contributed by atoms with Gasteiger partial charge in [-0.3, -0.25) is 4.99 Å². The summed E-state index contributed by atoms with van der Waals surface area (Å²) >= 11 is 0. The molecule has 2 aromatic carbocycles. The molecule has 0 fully saturated rings. The van der Waals surface area contributed by atoms with Crippen molar-refractivity contribution in [3.8, 4) is 6.07 Å². The molecule has 4 nitrogen and oxygen atoms in total. The average molecular weight is 356 g/mol. The second-order valence-electron chi connectivity index (χ2n) is 5.79. The van der Waals surface area contributed by atoms with E-state index in [9.17, 15) is 13.2 Å². The van der Waals surface area contributed by atoms with Gasteiger partial charge in [0.05, 0.1) is 30.2 Å². The van der Waals surface area contributed by atoms with Crippen LogP contribution >= 0.6 is 0 Å². The van der Waals surface area contributed by atoms with Crippen LogP contribution in [0.3, 0.4) is 0 Å². The van der Waals surface area contributed by atoms with E-state index >= 15 is 0 Å². The molecule has 0 atom stereocenters. The summed E-state index contributed by atoms with van der Waals surface area (Å²) in [5.74, 6) is -3.11. The fourth-order valence-electron chi connectivity index (χ4n) is 2.62. The molecule has 2 aromatic rings. The van der Waals surface area contributed by atoms with Crippen molar-refractivity contribution in [1.82, 2.24) is 10.2 Å². The number of rotatable bonds is 5. The maximum absolute atomic E-state index is 14.1. The first-order valence-corrected chi connectivity index (χ1v) is 7.87. The summed E-state index contributed by atoms with van der Waals surface area (Å²) in [6, 6.07) is 10.5. The Hall–Kier alpha value is -3.27. The van der Waals surface area contributed by atoms with Gasteiger partial charge in [0.25, 0.3) is 0 Å². The number of halogens is 3. The molecule has 1 heterocycles. The van der Waals surface area contributed by atoms with Gasteiger partial charge in [0.1, 0.15) is 5.82 Å². The highest BCUT2D eigenvalue weighted by Gasteiger charge is 2.17. The van der Waals surface area contributed by atoms with Crippen LogP contribution in [0.5, 0.6) is 0 Å². The van der Waals surface area contributed by atoms with E-state index in [1.807, 2.05) is 11.0 Å². The van der Waals surface area contributed by atoms with Gasteiger partial charge in [-0.15, -0.1) is 0 Å². The Morgan fingerprint density at radius 1 is 1.04 bits per heavy atom. The summed E-state index contributed by atoms with van der Waals surface area (Å²) in [6.45, 7) is 0.827. The van der Waals surface area contributed by atoms with Crippen LogP contribution in [0.2, 0.25) is 0 Å². The third-order valence-electron chi connectivity index (χ3n) is 3.98. The fourth-order valence-corrected chi connectivity index (χ4v) is 2.62. The van der Waals surface area contributed by atoms with Crippen LogP contribution in [0.15, 0.2) is 53.3 Å². The van der Waals surface area contributed by atoms with Gasteiger partial charge in [-0.2, -0.15) is 5.26 Å². The van der Waals surface area contributed by atoms with Gasteiger partial charge in [-0.1, -0.05) is 12.1 Å². The Balaban J connectivity index is 1.87. The van der Waals surface area contributed by atoms with Crippen LogP contribution < -0.4 is 5.32 Å². The molecule has 1 aliphatic heterocycles. The van der Waals surface area contributed by atoms with Gasteiger partial charge in [0.15, 0.2) is 11.6 Å². The van der Waals surface area contributed by atoms with Crippen molar-refractivity contribution in [2.24, 2.45) is 4.99 Å². The Morgan fingerprint density at radius 3 is 2.42 bits per heavy atom. The van der Waals surface area contributed by atoms with Gasteiger partial charge in [0.2, 0.25) is 0 Å². The minimum atomic E-state index is -1.21. The molecule has 0 saturated carbocycles. The van der Waals surface area contributed by atoms with Crippen molar-refractivity contribution in [1.29, 1.82) is 5.26 Å². The Bertz CT molecular complexity index is 898. The lowest BCUT2D eigenvalue weighted by Gasteiger charge is -2.28. The molecule has 0 amide bonds. The maximum Gasteiger partial charge on any atom is 0.161 e. The van der Waals surface area contributed by atoms with Crippen LogP contribution in [0.25, 0.3) is 0 Å². The van der Waals surface area contributed by atoms with E-state index in [2.05, 4.69) is 10.3 Å². The lowest BCUT2D eigenvalue weighted by Crippen LogP contribution is -2.28. The molecule has 0 unspecified atom stereocenters. The van der Waals surface area contributed by atoms with E-state index in [0.29, 0.717) is 24.7 Å². The zero-order valence-electron chi connectivity index (χ0n) is 13.7. The van der Waals surface area contributed by atoms with Crippen LogP contribution in [0, 0.1) is 28.8 Å². The molecular weight excluding hydrogens is 341 g/mol. The molecule has 3 rings (SSSR count). The second-order valence-corrected chi connectivity index (χ2v) is 5.79. The predicted molar refractivity (Wildman–Crippen MR) is 91.3 cm³/mol. The van der Waals surface area contributed by atoms with Gasteiger partial charge < -0.3 is 10.2 Å². The molecule has 0 saturated heterocycles. The first-order valence-electron chi connectivity index (χ1n) is 7.87. The van der Waals surface area contributed by atoms with Gasteiger partial charge in [0, 0.05) is 30.9 Å². The summed E-state index contributed by atoms with van der Waals surface area (Å²) in [5.41, 5.74) is 2.26. The number of hydrogen-bond donors (Lipinski definition) is 1. The molecule has 0 aromatic heterocycles.